The summed E-state index contributed by atoms with van der Waals surface area (Å²) in [5, 5.41) is 0.773. The topological polar surface area (TPSA) is 65.7 Å². The zero-order valence-electron chi connectivity index (χ0n) is 16.0. The zero-order chi connectivity index (χ0) is 20.4. The molecule has 0 saturated heterocycles. The van der Waals surface area contributed by atoms with Crippen molar-refractivity contribution in [2.24, 2.45) is 0 Å². The first-order valence-corrected chi connectivity index (χ1v) is 9.06. The fourth-order valence-electron chi connectivity index (χ4n) is 3.23. The number of carbonyl (C=O) groups excluding carboxylic acids is 1. The molecule has 0 saturated carbocycles. The third-order valence-electron chi connectivity index (χ3n) is 4.74. The summed E-state index contributed by atoms with van der Waals surface area (Å²) in [6.45, 7) is 1.87. The van der Waals surface area contributed by atoms with Crippen molar-refractivity contribution in [3.8, 4) is 22.6 Å². The first-order valence-electron chi connectivity index (χ1n) is 9.06. The summed E-state index contributed by atoms with van der Waals surface area (Å²) < 4.78 is 16.1. The number of hydrogen-bond donors (Lipinski definition) is 0. The fraction of sp³-hybridized carbons (Fsp3) is 0.0833. The smallest absolute Gasteiger partial charge is 0.344 e. The molecule has 1 heterocycles. The molecule has 3 aromatic carbocycles. The van der Waals surface area contributed by atoms with Gasteiger partial charge >= 0.3 is 11.6 Å². The Hall–Kier alpha value is -3.86. The van der Waals surface area contributed by atoms with Gasteiger partial charge in [-0.2, -0.15) is 0 Å². The number of rotatable bonds is 4. The van der Waals surface area contributed by atoms with Crippen molar-refractivity contribution in [2.75, 3.05) is 7.11 Å². The fourth-order valence-corrected chi connectivity index (χ4v) is 3.23. The van der Waals surface area contributed by atoms with Crippen LogP contribution in [0, 0.1) is 6.92 Å². The first kappa shape index (κ1) is 18.5. The second-order valence-corrected chi connectivity index (χ2v) is 6.53. The number of benzene rings is 3. The van der Waals surface area contributed by atoms with E-state index in [-0.39, 0.29) is 0 Å². The zero-order valence-corrected chi connectivity index (χ0v) is 16.0. The quantitative estimate of drug-likeness (QED) is 0.281. The van der Waals surface area contributed by atoms with Crippen LogP contribution < -0.4 is 15.1 Å². The van der Waals surface area contributed by atoms with Crippen molar-refractivity contribution >= 4 is 16.9 Å². The van der Waals surface area contributed by atoms with Crippen molar-refractivity contribution < 1.29 is 18.7 Å². The molecule has 0 N–H and O–H groups in total. The van der Waals surface area contributed by atoms with Gasteiger partial charge in [-0.3, -0.25) is 0 Å². The summed E-state index contributed by atoms with van der Waals surface area (Å²) in [7, 11) is 1.59. The number of carbonyl (C=O) groups is 1. The van der Waals surface area contributed by atoms with Crippen LogP contribution in [0.2, 0.25) is 0 Å². The SMILES string of the molecule is COc1ccc(-c2c(C)c3ccc(OC(=O)c4ccccc4)cc3oc2=O)cc1. The van der Waals surface area contributed by atoms with E-state index in [0.717, 1.165) is 16.5 Å². The molecule has 0 aliphatic rings. The van der Waals surface area contributed by atoms with Crippen molar-refractivity contribution in [3.05, 3.63) is 94.3 Å². The van der Waals surface area contributed by atoms with Gasteiger partial charge in [0, 0.05) is 11.5 Å². The molecule has 0 fully saturated rings. The van der Waals surface area contributed by atoms with Crippen LogP contribution >= 0.6 is 0 Å². The number of fused-ring (bicyclic) bond motifs is 1. The second kappa shape index (κ2) is 7.64. The van der Waals surface area contributed by atoms with E-state index in [9.17, 15) is 9.59 Å². The minimum Gasteiger partial charge on any atom is -0.497 e. The molecule has 4 rings (SSSR count). The second-order valence-electron chi connectivity index (χ2n) is 6.53. The lowest BCUT2D eigenvalue weighted by Crippen LogP contribution is -2.09. The summed E-state index contributed by atoms with van der Waals surface area (Å²) in [6, 6.07) is 21.0. The van der Waals surface area contributed by atoms with Gasteiger partial charge in [-0.05, 0) is 54.4 Å². The number of esters is 1. The molecule has 0 amide bonds. The third kappa shape index (κ3) is 3.62. The lowest BCUT2D eigenvalue weighted by Gasteiger charge is -2.10. The van der Waals surface area contributed by atoms with E-state index in [4.69, 9.17) is 13.9 Å². The molecule has 0 aliphatic carbocycles. The highest BCUT2D eigenvalue weighted by Crippen LogP contribution is 2.30. The van der Waals surface area contributed by atoms with Crippen molar-refractivity contribution in [1.29, 1.82) is 0 Å². The largest absolute Gasteiger partial charge is 0.497 e. The van der Waals surface area contributed by atoms with Crippen LogP contribution in [0.1, 0.15) is 15.9 Å². The molecule has 0 unspecified atom stereocenters. The van der Waals surface area contributed by atoms with E-state index in [1.165, 1.54) is 0 Å². The highest BCUT2D eigenvalue weighted by Gasteiger charge is 2.15. The number of aryl methyl sites for hydroxylation is 1. The molecule has 4 aromatic rings. The number of ether oxygens (including phenoxy) is 2. The van der Waals surface area contributed by atoms with E-state index < -0.39 is 11.6 Å². The van der Waals surface area contributed by atoms with Crippen molar-refractivity contribution in [1.82, 2.24) is 0 Å². The van der Waals surface area contributed by atoms with Crippen LogP contribution in [-0.4, -0.2) is 13.1 Å². The monoisotopic (exact) mass is 386 g/mol. The van der Waals surface area contributed by atoms with Crippen LogP contribution in [0.3, 0.4) is 0 Å². The summed E-state index contributed by atoms with van der Waals surface area (Å²) in [5.41, 5.74) is 2.39. The van der Waals surface area contributed by atoms with Crippen LogP contribution in [0.5, 0.6) is 11.5 Å². The molecule has 0 aliphatic heterocycles. The van der Waals surface area contributed by atoms with Crippen LogP contribution in [-0.2, 0) is 0 Å². The molecule has 0 spiro atoms. The number of hydrogen-bond acceptors (Lipinski definition) is 5. The summed E-state index contributed by atoms with van der Waals surface area (Å²) in [6.07, 6.45) is 0. The molecule has 0 atom stereocenters. The van der Waals surface area contributed by atoms with Gasteiger partial charge in [-0.1, -0.05) is 30.3 Å². The molecule has 0 radical (unpaired) electrons. The predicted molar refractivity (Wildman–Crippen MR) is 111 cm³/mol. The van der Waals surface area contributed by atoms with Gasteiger partial charge in [0.2, 0.25) is 0 Å². The minimum atomic E-state index is -0.473. The van der Waals surface area contributed by atoms with Gasteiger partial charge in [0.15, 0.2) is 0 Å². The average Bonchev–Trinajstić information content (AvgIpc) is 2.74. The summed E-state index contributed by atoms with van der Waals surface area (Å²) in [4.78, 5) is 24.9. The van der Waals surface area contributed by atoms with Gasteiger partial charge in [-0.15, -0.1) is 0 Å². The molecule has 5 nitrogen and oxygen atoms in total. The maximum atomic E-state index is 12.7. The Bertz CT molecular complexity index is 1240. The van der Waals surface area contributed by atoms with Gasteiger partial charge in [0.1, 0.15) is 17.1 Å². The number of methoxy groups -OCH3 is 1. The molecule has 29 heavy (non-hydrogen) atoms. The Balaban J connectivity index is 1.71. The molecular weight excluding hydrogens is 368 g/mol. The molecule has 144 valence electrons. The van der Waals surface area contributed by atoms with E-state index in [2.05, 4.69) is 0 Å². The lowest BCUT2D eigenvalue weighted by atomic mass is 9.99. The molecule has 1 aromatic heterocycles. The molecule has 0 bridgehead atoms. The lowest BCUT2D eigenvalue weighted by molar-refractivity contribution is 0.0735. The first-order chi connectivity index (χ1) is 14.1. The minimum absolute atomic E-state index is 0.311. The Kier molecular flexibility index (Phi) is 4.87. The van der Waals surface area contributed by atoms with Gasteiger partial charge < -0.3 is 13.9 Å². The highest BCUT2D eigenvalue weighted by atomic mass is 16.5. The van der Waals surface area contributed by atoms with Crippen LogP contribution in [0.15, 0.2) is 82.0 Å². The van der Waals surface area contributed by atoms with Crippen LogP contribution in [0.25, 0.3) is 22.1 Å². The summed E-state index contributed by atoms with van der Waals surface area (Å²) >= 11 is 0. The summed E-state index contributed by atoms with van der Waals surface area (Å²) in [5.74, 6) is 0.548. The Morgan fingerprint density at radius 3 is 2.28 bits per heavy atom. The van der Waals surface area contributed by atoms with Gasteiger partial charge in [0.25, 0.3) is 0 Å². The van der Waals surface area contributed by atoms with Gasteiger partial charge in [0.05, 0.1) is 18.2 Å². The Morgan fingerprint density at radius 2 is 1.59 bits per heavy atom. The van der Waals surface area contributed by atoms with Crippen molar-refractivity contribution in [3.63, 3.8) is 0 Å². The highest BCUT2D eigenvalue weighted by molar-refractivity contribution is 5.92. The molecular formula is C24H18O5. The standard InChI is InChI=1S/C24H18O5/c1-15-20-13-12-19(28-23(25)17-6-4-3-5-7-17)14-21(20)29-24(26)22(15)16-8-10-18(27-2)11-9-16/h3-14H,1-2H3. The maximum absolute atomic E-state index is 12.7. The maximum Gasteiger partial charge on any atom is 0.344 e. The van der Waals surface area contributed by atoms with E-state index in [0.29, 0.717) is 28.2 Å². The predicted octanol–water partition coefficient (Wildman–Crippen LogP) is 5.00. The average molecular weight is 386 g/mol. The van der Waals surface area contributed by atoms with E-state index >= 15 is 0 Å². The molecule has 5 heteroatoms. The Labute approximate surface area is 167 Å². The van der Waals surface area contributed by atoms with Crippen LogP contribution in [0.4, 0.5) is 0 Å². The van der Waals surface area contributed by atoms with E-state index in [1.54, 1.807) is 61.7 Å². The Morgan fingerprint density at radius 1 is 0.897 bits per heavy atom. The van der Waals surface area contributed by atoms with Gasteiger partial charge in [-0.25, -0.2) is 9.59 Å². The third-order valence-corrected chi connectivity index (χ3v) is 4.74. The van der Waals surface area contributed by atoms with E-state index in [1.807, 2.05) is 25.1 Å². The normalized spacial score (nSPS) is 10.7. The van der Waals surface area contributed by atoms with Crippen molar-refractivity contribution in [2.45, 2.75) is 6.92 Å².